The third kappa shape index (κ3) is 12.8. The average molecular weight is 801 g/mol. The summed E-state index contributed by atoms with van der Waals surface area (Å²) in [6, 6.07) is 21.0. The first-order chi connectivity index (χ1) is 27.5. The molecule has 0 saturated carbocycles. The second-order valence-electron chi connectivity index (χ2n) is 19.5. The first-order valence-corrected chi connectivity index (χ1v) is 22.1. The summed E-state index contributed by atoms with van der Waals surface area (Å²) in [5.41, 5.74) is 2.14. The zero-order valence-corrected chi connectivity index (χ0v) is 37.5. The van der Waals surface area contributed by atoms with E-state index in [0.717, 1.165) is 64.5 Å². The maximum absolute atomic E-state index is 9.43. The van der Waals surface area contributed by atoms with E-state index < -0.39 is 0 Å². The Morgan fingerprint density at radius 3 is 1.21 bits per heavy atom. The molecule has 58 heavy (non-hydrogen) atoms. The van der Waals surface area contributed by atoms with Crippen molar-refractivity contribution >= 4 is 17.8 Å². The van der Waals surface area contributed by atoms with Gasteiger partial charge in [0.05, 0.1) is 6.61 Å². The first-order valence-electron chi connectivity index (χ1n) is 22.1. The van der Waals surface area contributed by atoms with Crippen molar-refractivity contribution in [2.75, 3.05) is 42.2 Å². The molecule has 2 aliphatic rings. The number of unbranched alkanes of at least 4 members (excludes halogenated alkanes) is 2. The van der Waals surface area contributed by atoms with E-state index >= 15 is 0 Å². The Morgan fingerprint density at radius 2 is 0.879 bits per heavy atom. The highest BCUT2D eigenvalue weighted by molar-refractivity contribution is 5.42. The van der Waals surface area contributed by atoms with Crippen molar-refractivity contribution in [3.63, 3.8) is 0 Å². The number of aliphatic hydroxyl groups is 1. The van der Waals surface area contributed by atoms with Crippen LogP contribution in [0.5, 0.6) is 0 Å². The highest BCUT2D eigenvalue weighted by Crippen LogP contribution is 2.46. The predicted molar refractivity (Wildman–Crippen MR) is 237 cm³/mol. The lowest BCUT2D eigenvalue weighted by Crippen LogP contribution is -2.60. The van der Waals surface area contributed by atoms with Crippen LogP contribution < -0.4 is 16.0 Å². The van der Waals surface area contributed by atoms with Crippen LogP contribution in [0.15, 0.2) is 60.7 Å². The van der Waals surface area contributed by atoms with Gasteiger partial charge in [0.1, 0.15) is 12.2 Å². The van der Waals surface area contributed by atoms with E-state index in [1.165, 1.54) is 24.0 Å². The quantitative estimate of drug-likeness (QED) is 0.0771. The fourth-order valence-electron chi connectivity index (χ4n) is 10.1. The van der Waals surface area contributed by atoms with E-state index in [4.69, 9.17) is 14.7 Å². The van der Waals surface area contributed by atoms with Crippen LogP contribution in [-0.2, 0) is 9.68 Å². The summed E-state index contributed by atoms with van der Waals surface area (Å²) in [7, 11) is 0. The van der Waals surface area contributed by atoms with Crippen molar-refractivity contribution in [2.45, 2.75) is 168 Å². The first kappa shape index (κ1) is 45.7. The zero-order valence-electron chi connectivity index (χ0n) is 37.5. The van der Waals surface area contributed by atoms with Crippen LogP contribution in [0.1, 0.15) is 157 Å². The Hall–Kier alpha value is -3.35. The van der Waals surface area contributed by atoms with E-state index in [1.807, 2.05) is 0 Å². The lowest BCUT2D eigenvalue weighted by Gasteiger charge is -2.54. The Kier molecular flexibility index (Phi) is 16.0. The molecule has 2 fully saturated rings. The molecule has 0 spiro atoms. The third-order valence-electron chi connectivity index (χ3n) is 12.1. The number of rotatable bonds is 21. The molecule has 11 nitrogen and oxygen atoms in total. The third-order valence-corrected chi connectivity index (χ3v) is 12.1. The Morgan fingerprint density at radius 1 is 0.552 bits per heavy atom. The topological polar surface area (TPSA) is 120 Å². The number of piperidine rings is 2. The molecular formula is C47H76N8O3. The molecule has 0 aliphatic carbocycles. The number of aromatic nitrogens is 3. The van der Waals surface area contributed by atoms with Crippen LogP contribution in [0.2, 0.25) is 0 Å². The maximum Gasteiger partial charge on any atom is 0.229 e. The molecule has 2 aromatic carbocycles. The second-order valence-corrected chi connectivity index (χ2v) is 19.5. The van der Waals surface area contributed by atoms with E-state index in [0.29, 0.717) is 36.2 Å². The standard InChI is InChI=1S/C47H76N8O3/c1-35(39-23-13-11-14-24-39)57-54-44(3,4)31-37(32-45(54,5)6)21-17-19-27-48-41-51-42(53-43(52-41)50-29-30-56)49-28-20-18-22-38-33-46(7,8)55(47(9,10)34-38)58-36(2)40-25-15-12-16-26-40/h11-16,23-26,35-38,56H,17-22,27-34H2,1-10H3,(H3,48,49,50,51,52,53). The Bertz CT molecular complexity index is 1520. The predicted octanol–water partition coefficient (Wildman–Crippen LogP) is 10.4. The molecule has 0 amide bonds. The van der Waals surface area contributed by atoms with E-state index in [9.17, 15) is 5.11 Å². The minimum absolute atomic E-state index is 0.00316. The van der Waals surface area contributed by atoms with Gasteiger partial charge < -0.3 is 21.1 Å². The average Bonchev–Trinajstić information content (AvgIpc) is 3.16. The summed E-state index contributed by atoms with van der Waals surface area (Å²) in [6.07, 6.45) is 11.1. The van der Waals surface area contributed by atoms with Gasteiger partial charge in [-0.15, -0.1) is 0 Å². The molecule has 322 valence electrons. The van der Waals surface area contributed by atoms with E-state index in [2.05, 4.69) is 166 Å². The van der Waals surface area contributed by atoms with Crippen LogP contribution in [0.4, 0.5) is 17.8 Å². The summed E-state index contributed by atoms with van der Waals surface area (Å²) in [4.78, 5) is 27.2. The second kappa shape index (κ2) is 20.3. The van der Waals surface area contributed by atoms with Crippen molar-refractivity contribution in [3.8, 4) is 0 Å². The molecule has 2 atom stereocenters. The van der Waals surface area contributed by atoms with Crippen LogP contribution >= 0.6 is 0 Å². The van der Waals surface area contributed by atoms with E-state index in [1.54, 1.807) is 0 Å². The van der Waals surface area contributed by atoms with Gasteiger partial charge in [-0.05, 0) is 131 Å². The summed E-state index contributed by atoms with van der Waals surface area (Å²) < 4.78 is 0. The molecule has 3 heterocycles. The van der Waals surface area contributed by atoms with Gasteiger partial charge in [0, 0.05) is 41.8 Å². The van der Waals surface area contributed by atoms with Crippen molar-refractivity contribution in [3.05, 3.63) is 71.8 Å². The van der Waals surface area contributed by atoms with Gasteiger partial charge in [0.25, 0.3) is 0 Å². The number of nitrogens with zero attached hydrogens (tertiary/aromatic N) is 5. The highest BCUT2D eigenvalue weighted by Gasteiger charge is 2.48. The minimum Gasteiger partial charge on any atom is -0.395 e. The Labute approximate surface area is 350 Å². The maximum atomic E-state index is 9.43. The monoisotopic (exact) mass is 801 g/mol. The van der Waals surface area contributed by atoms with Crippen molar-refractivity contribution in [1.29, 1.82) is 0 Å². The van der Waals surface area contributed by atoms with Gasteiger partial charge in [0.2, 0.25) is 17.8 Å². The number of hydrogen-bond acceptors (Lipinski definition) is 11. The zero-order chi connectivity index (χ0) is 42.0. The van der Waals surface area contributed by atoms with Gasteiger partial charge >= 0.3 is 0 Å². The van der Waals surface area contributed by atoms with Gasteiger partial charge in [-0.2, -0.15) is 25.1 Å². The van der Waals surface area contributed by atoms with E-state index in [-0.39, 0.29) is 41.0 Å². The number of hydroxylamine groups is 4. The number of anilines is 3. The number of aliphatic hydroxyl groups excluding tert-OH is 1. The summed E-state index contributed by atoms with van der Waals surface area (Å²) in [5.74, 6) is 2.84. The molecule has 1 aromatic heterocycles. The van der Waals surface area contributed by atoms with Gasteiger partial charge in [0.15, 0.2) is 0 Å². The fourth-order valence-corrected chi connectivity index (χ4v) is 10.1. The SMILES string of the molecule is CC(ON1C(C)(C)CC(CCCCNc2nc(NCCO)nc(NCCCCC3CC(C)(C)N(OC(C)c4ccccc4)C(C)(C)C3)n2)CC1(C)C)c1ccccc1. The van der Waals surface area contributed by atoms with Gasteiger partial charge in [-0.3, -0.25) is 9.68 Å². The van der Waals surface area contributed by atoms with Crippen molar-refractivity contribution < 1.29 is 14.8 Å². The van der Waals surface area contributed by atoms with Crippen molar-refractivity contribution in [2.24, 2.45) is 11.8 Å². The lowest BCUT2D eigenvalue weighted by atomic mass is 9.73. The van der Waals surface area contributed by atoms with Crippen LogP contribution in [0.25, 0.3) is 0 Å². The van der Waals surface area contributed by atoms with Crippen molar-refractivity contribution in [1.82, 2.24) is 25.1 Å². The van der Waals surface area contributed by atoms with Gasteiger partial charge in [-0.1, -0.05) is 86.3 Å². The van der Waals surface area contributed by atoms with Gasteiger partial charge in [-0.25, -0.2) is 0 Å². The molecule has 2 saturated heterocycles. The van der Waals surface area contributed by atoms with Crippen LogP contribution in [0, 0.1) is 11.8 Å². The smallest absolute Gasteiger partial charge is 0.229 e. The number of benzene rings is 2. The Balaban J connectivity index is 1.05. The lowest BCUT2D eigenvalue weighted by molar-refractivity contribution is -0.310. The largest absolute Gasteiger partial charge is 0.395 e. The molecule has 4 N–H and O–H groups in total. The molecule has 0 radical (unpaired) electrons. The fraction of sp³-hybridized carbons (Fsp3) is 0.681. The molecule has 11 heteroatoms. The minimum atomic E-state index is -0.0668. The molecular weight excluding hydrogens is 725 g/mol. The highest BCUT2D eigenvalue weighted by atomic mass is 16.7. The van der Waals surface area contributed by atoms with Crippen LogP contribution in [0.3, 0.4) is 0 Å². The number of hydrogen-bond donors (Lipinski definition) is 4. The molecule has 2 aliphatic heterocycles. The molecule has 0 bridgehead atoms. The summed E-state index contributed by atoms with van der Waals surface area (Å²) in [5, 5.41) is 24.0. The van der Waals surface area contributed by atoms with Crippen LogP contribution in [-0.4, -0.2) is 78.6 Å². The summed E-state index contributed by atoms with van der Waals surface area (Å²) >= 11 is 0. The normalized spacial score (nSPS) is 20.7. The molecule has 2 unspecified atom stereocenters. The number of nitrogens with one attached hydrogen (secondary N) is 3. The summed E-state index contributed by atoms with van der Waals surface area (Å²) in [6.45, 7) is 24.8. The molecule has 3 aromatic rings. The molecule has 5 rings (SSSR count).